The second-order valence-corrected chi connectivity index (χ2v) is 9.71. The first-order chi connectivity index (χ1) is 13.8. The van der Waals surface area contributed by atoms with Crippen molar-refractivity contribution in [2.75, 3.05) is 5.75 Å². The zero-order chi connectivity index (χ0) is 20.8. The van der Waals surface area contributed by atoms with E-state index >= 15 is 0 Å². The number of aryl methyl sites for hydroxylation is 2. The van der Waals surface area contributed by atoms with E-state index in [0.29, 0.717) is 28.0 Å². The van der Waals surface area contributed by atoms with E-state index in [0.717, 1.165) is 25.7 Å². The Kier molecular flexibility index (Phi) is 5.14. The number of alkyl halides is 2. The van der Waals surface area contributed by atoms with Crippen LogP contribution < -0.4 is 0 Å². The molecule has 154 valence electrons. The van der Waals surface area contributed by atoms with E-state index < -0.39 is 16.3 Å². The van der Waals surface area contributed by atoms with Crippen molar-refractivity contribution in [3.8, 4) is 11.1 Å². The van der Waals surface area contributed by atoms with Crippen LogP contribution in [-0.4, -0.2) is 24.3 Å². The smallest absolute Gasteiger partial charge is 0.280 e. The zero-order valence-electron chi connectivity index (χ0n) is 16.3. The zero-order valence-corrected chi connectivity index (χ0v) is 17.1. The average Bonchev–Trinajstić information content (AvgIpc) is 3.29. The van der Waals surface area contributed by atoms with Crippen molar-refractivity contribution in [2.45, 2.75) is 50.9 Å². The lowest BCUT2D eigenvalue weighted by Crippen LogP contribution is -2.15. The van der Waals surface area contributed by atoms with Gasteiger partial charge in [-0.15, -0.1) is 0 Å². The van der Waals surface area contributed by atoms with Crippen molar-refractivity contribution in [1.29, 1.82) is 0 Å². The second-order valence-electron chi connectivity index (χ2n) is 7.71. The van der Waals surface area contributed by atoms with Gasteiger partial charge in [0.1, 0.15) is 11.5 Å². The Bertz CT molecular complexity index is 1150. The number of aromatic nitrogens is 2. The molecule has 1 aromatic carbocycles. The number of halogens is 2. The summed E-state index contributed by atoms with van der Waals surface area (Å²) in [6, 6.07) is 5.85. The van der Waals surface area contributed by atoms with E-state index in [4.69, 9.17) is 4.52 Å². The van der Waals surface area contributed by atoms with Crippen LogP contribution in [-0.2, 0) is 9.84 Å². The van der Waals surface area contributed by atoms with Gasteiger partial charge >= 0.3 is 0 Å². The predicted octanol–water partition coefficient (Wildman–Crippen LogP) is 5.41. The molecular formula is C21H22F2N2O3S. The fourth-order valence-electron chi connectivity index (χ4n) is 4.21. The molecule has 0 aliphatic heterocycles. The standard InChI is InChI=1S/C21H22F2N2O3S/c1-12-20(13(2)28-25-12)15-9-18-16(7-8-17(24-18)21(22)23)19(10-15)29(26,27)11-14-5-3-4-6-14/h7-10,14,21H,3-6,11H2,1-2H3. The number of sulfone groups is 1. The van der Waals surface area contributed by atoms with E-state index in [1.54, 1.807) is 26.0 Å². The van der Waals surface area contributed by atoms with Crippen LogP contribution in [0.3, 0.4) is 0 Å². The van der Waals surface area contributed by atoms with Crippen LogP contribution in [0.25, 0.3) is 22.0 Å². The number of benzene rings is 1. The molecule has 0 saturated heterocycles. The van der Waals surface area contributed by atoms with Crippen molar-refractivity contribution in [1.82, 2.24) is 10.1 Å². The van der Waals surface area contributed by atoms with Gasteiger partial charge in [-0.3, -0.25) is 0 Å². The Morgan fingerprint density at radius 3 is 2.52 bits per heavy atom. The molecule has 0 atom stereocenters. The molecule has 5 nitrogen and oxygen atoms in total. The Hall–Kier alpha value is -2.35. The minimum absolute atomic E-state index is 0.0593. The molecule has 2 heterocycles. The Labute approximate surface area is 168 Å². The lowest BCUT2D eigenvalue weighted by Gasteiger charge is -2.14. The molecule has 8 heteroatoms. The van der Waals surface area contributed by atoms with Crippen LogP contribution in [0.5, 0.6) is 0 Å². The van der Waals surface area contributed by atoms with Crippen molar-refractivity contribution in [3.05, 3.63) is 41.4 Å². The van der Waals surface area contributed by atoms with E-state index in [9.17, 15) is 17.2 Å². The largest absolute Gasteiger partial charge is 0.361 e. The van der Waals surface area contributed by atoms with Crippen molar-refractivity contribution < 1.29 is 21.7 Å². The molecule has 0 spiro atoms. The summed E-state index contributed by atoms with van der Waals surface area (Å²) in [5, 5.41) is 4.29. The summed E-state index contributed by atoms with van der Waals surface area (Å²) < 4.78 is 58.2. The maximum Gasteiger partial charge on any atom is 0.280 e. The van der Waals surface area contributed by atoms with E-state index in [2.05, 4.69) is 10.1 Å². The minimum atomic E-state index is -3.62. The molecule has 0 unspecified atom stereocenters. The minimum Gasteiger partial charge on any atom is -0.361 e. The number of hydrogen-bond acceptors (Lipinski definition) is 5. The highest BCUT2D eigenvalue weighted by molar-refractivity contribution is 7.91. The monoisotopic (exact) mass is 420 g/mol. The molecule has 1 fully saturated rings. The summed E-state index contributed by atoms with van der Waals surface area (Å²) in [7, 11) is -3.62. The van der Waals surface area contributed by atoms with Crippen molar-refractivity contribution in [3.63, 3.8) is 0 Å². The molecule has 4 rings (SSSR count). The van der Waals surface area contributed by atoms with Crippen LogP contribution in [0.1, 0.15) is 49.3 Å². The normalized spacial score (nSPS) is 15.6. The summed E-state index contributed by atoms with van der Waals surface area (Å²) >= 11 is 0. The van der Waals surface area contributed by atoms with E-state index in [1.165, 1.54) is 12.1 Å². The average molecular weight is 420 g/mol. The number of pyridine rings is 1. The van der Waals surface area contributed by atoms with Gasteiger partial charge in [0.15, 0.2) is 9.84 Å². The molecule has 3 aromatic rings. The first-order valence-corrected chi connectivity index (χ1v) is 11.3. The van der Waals surface area contributed by atoms with Crippen LogP contribution in [0, 0.1) is 19.8 Å². The summed E-state index contributed by atoms with van der Waals surface area (Å²) in [4.78, 5) is 4.17. The van der Waals surface area contributed by atoms with Gasteiger partial charge in [0.25, 0.3) is 6.43 Å². The highest BCUT2D eigenvalue weighted by Gasteiger charge is 2.27. The van der Waals surface area contributed by atoms with Gasteiger partial charge in [0.2, 0.25) is 0 Å². The lowest BCUT2D eigenvalue weighted by molar-refractivity contribution is 0.146. The fraction of sp³-hybridized carbons (Fsp3) is 0.429. The van der Waals surface area contributed by atoms with Crippen LogP contribution >= 0.6 is 0 Å². The van der Waals surface area contributed by atoms with Gasteiger partial charge < -0.3 is 4.52 Å². The number of hydrogen-bond donors (Lipinski definition) is 0. The van der Waals surface area contributed by atoms with Crippen molar-refractivity contribution in [2.24, 2.45) is 5.92 Å². The van der Waals surface area contributed by atoms with Gasteiger partial charge in [-0.25, -0.2) is 22.2 Å². The first kappa shape index (κ1) is 19.9. The molecule has 0 bridgehead atoms. The number of rotatable bonds is 5. The van der Waals surface area contributed by atoms with Gasteiger partial charge in [0, 0.05) is 10.9 Å². The molecule has 2 aromatic heterocycles. The van der Waals surface area contributed by atoms with Crippen molar-refractivity contribution >= 4 is 20.7 Å². The Balaban J connectivity index is 1.93. The number of fused-ring (bicyclic) bond motifs is 1. The summed E-state index contributed by atoms with van der Waals surface area (Å²) in [5.41, 5.74) is 1.66. The third-order valence-corrected chi connectivity index (χ3v) is 7.52. The maximum atomic E-state index is 13.3. The SMILES string of the molecule is Cc1noc(C)c1-c1cc(S(=O)(=O)CC2CCCC2)c2ccc(C(F)F)nc2c1. The van der Waals surface area contributed by atoms with Gasteiger partial charge in [-0.1, -0.05) is 18.0 Å². The van der Waals surface area contributed by atoms with Gasteiger partial charge in [0.05, 0.1) is 21.9 Å². The molecule has 0 amide bonds. The van der Waals surface area contributed by atoms with Crippen LogP contribution in [0.2, 0.25) is 0 Å². The molecule has 29 heavy (non-hydrogen) atoms. The fourth-order valence-corrected chi connectivity index (χ4v) is 6.16. The first-order valence-electron chi connectivity index (χ1n) is 9.65. The molecule has 1 aliphatic carbocycles. The number of nitrogens with zero attached hydrogens (tertiary/aromatic N) is 2. The molecule has 0 radical (unpaired) electrons. The summed E-state index contributed by atoms with van der Waals surface area (Å²) in [6.07, 6.45) is 1.14. The predicted molar refractivity (Wildman–Crippen MR) is 106 cm³/mol. The second kappa shape index (κ2) is 7.48. The van der Waals surface area contributed by atoms with Crippen LogP contribution in [0.15, 0.2) is 33.7 Å². The van der Waals surface area contributed by atoms with Gasteiger partial charge in [-0.2, -0.15) is 0 Å². The van der Waals surface area contributed by atoms with E-state index in [-0.39, 0.29) is 27.8 Å². The maximum absolute atomic E-state index is 13.3. The Morgan fingerprint density at radius 1 is 1.17 bits per heavy atom. The molecular weight excluding hydrogens is 398 g/mol. The summed E-state index contributed by atoms with van der Waals surface area (Å²) in [6.45, 7) is 3.49. The van der Waals surface area contributed by atoms with Crippen LogP contribution in [0.4, 0.5) is 8.78 Å². The topological polar surface area (TPSA) is 73.1 Å². The molecule has 1 saturated carbocycles. The third-order valence-electron chi connectivity index (χ3n) is 5.60. The van der Waals surface area contributed by atoms with Gasteiger partial charge in [-0.05, 0) is 62.4 Å². The molecule has 1 aliphatic rings. The quantitative estimate of drug-likeness (QED) is 0.552. The molecule has 0 N–H and O–H groups in total. The summed E-state index contributed by atoms with van der Waals surface area (Å²) in [5.74, 6) is 0.723. The Morgan fingerprint density at radius 2 is 1.90 bits per heavy atom. The third kappa shape index (κ3) is 3.77. The highest BCUT2D eigenvalue weighted by atomic mass is 32.2. The van der Waals surface area contributed by atoms with E-state index in [1.807, 2.05) is 0 Å². The lowest BCUT2D eigenvalue weighted by atomic mass is 10.0. The highest BCUT2D eigenvalue weighted by Crippen LogP contribution is 2.36.